The first-order chi connectivity index (χ1) is 7.75. The summed E-state index contributed by atoms with van der Waals surface area (Å²) in [5, 5.41) is 12.7. The predicted octanol–water partition coefficient (Wildman–Crippen LogP) is 1.32. The van der Waals surface area contributed by atoms with Crippen LogP contribution in [0.1, 0.15) is 31.4 Å². The Bertz CT molecular complexity index is 425. The van der Waals surface area contributed by atoms with Crippen molar-refractivity contribution in [3.8, 4) is 0 Å². The quantitative estimate of drug-likeness (QED) is 0.789. The zero-order chi connectivity index (χ0) is 12.8. The highest BCUT2D eigenvalue weighted by atomic mass is 19.4. The highest BCUT2D eigenvalue weighted by Crippen LogP contribution is 2.39. The van der Waals surface area contributed by atoms with E-state index in [1.807, 2.05) is 0 Å². The molecular weight excluding hydrogens is 235 g/mol. The van der Waals surface area contributed by atoms with E-state index in [0.717, 1.165) is 6.92 Å². The van der Waals surface area contributed by atoms with E-state index in [-0.39, 0.29) is 11.9 Å². The third-order valence-corrected chi connectivity index (χ3v) is 3.05. The van der Waals surface area contributed by atoms with Gasteiger partial charge >= 0.3 is 6.18 Å². The Balaban J connectivity index is 2.51. The van der Waals surface area contributed by atoms with Crippen molar-refractivity contribution in [1.82, 2.24) is 14.9 Å². The van der Waals surface area contributed by atoms with Crippen LogP contribution in [-0.2, 0) is 12.1 Å². The van der Waals surface area contributed by atoms with Crippen molar-refractivity contribution in [2.24, 2.45) is 0 Å². The standard InChI is InChI=1S/C10H14F3N3O/c1-6-3-14-4-7-5-15-8(16(6)7)9(2,17)10(11,12)13/h5-6,14,17H,3-4H2,1-2H3/t6?,9-/m1/s1. The number of rotatable bonds is 1. The molecule has 0 bridgehead atoms. The van der Waals surface area contributed by atoms with Gasteiger partial charge in [0.05, 0.1) is 5.69 Å². The van der Waals surface area contributed by atoms with Gasteiger partial charge in [-0.2, -0.15) is 13.2 Å². The van der Waals surface area contributed by atoms with Gasteiger partial charge in [0.25, 0.3) is 0 Å². The topological polar surface area (TPSA) is 50.1 Å². The lowest BCUT2D eigenvalue weighted by molar-refractivity contribution is -0.263. The fourth-order valence-electron chi connectivity index (χ4n) is 2.01. The molecule has 0 saturated heterocycles. The zero-order valence-corrected chi connectivity index (χ0v) is 9.54. The molecular formula is C10H14F3N3O. The third-order valence-electron chi connectivity index (χ3n) is 3.05. The van der Waals surface area contributed by atoms with E-state index >= 15 is 0 Å². The van der Waals surface area contributed by atoms with Gasteiger partial charge in [0, 0.05) is 25.3 Å². The molecule has 4 nitrogen and oxygen atoms in total. The lowest BCUT2D eigenvalue weighted by Gasteiger charge is -2.31. The minimum absolute atomic E-state index is 0.162. The number of fused-ring (bicyclic) bond motifs is 1. The second-order valence-corrected chi connectivity index (χ2v) is 4.49. The highest BCUT2D eigenvalue weighted by Gasteiger charge is 2.54. The molecule has 0 aromatic carbocycles. The van der Waals surface area contributed by atoms with Gasteiger partial charge in [-0.1, -0.05) is 0 Å². The number of aliphatic hydroxyl groups is 1. The summed E-state index contributed by atoms with van der Waals surface area (Å²) in [5.74, 6) is -0.339. The Hall–Kier alpha value is -1.08. The molecule has 2 rings (SSSR count). The maximum absolute atomic E-state index is 12.8. The molecule has 0 spiro atoms. The fourth-order valence-corrected chi connectivity index (χ4v) is 2.01. The smallest absolute Gasteiger partial charge is 0.374 e. The summed E-state index contributed by atoms with van der Waals surface area (Å²) in [7, 11) is 0. The number of alkyl halides is 3. The molecule has 0 amide bonds. The van der Waals surface area contributed by atoms with E-state index in [4.69, 9.17) is 0 Å². The minimum atomic E-state index is -4.74. The normalized spacial score (nSPS) is 24.2. The summed E-state index contributed by atoms with van der Waals surface area (Å²) >= 11 is 0. The Morgan fingerprint density at radius 3 is 2.76 bits per heavy atom. The summed E-state index contributed by atoms with van der Waals surface area (Å²) in [6, 6.07) is -0.162. The van der Waals surface area contributed by atoms with Gasteiger partial charge in [-0.3, -0.25) is 0 Å². The zero-order valence-electron chi connectivity index (χ0n) is 9.54. The third kappa shape index (κ3) is 1.83. The van der Waals surface area contributed by atoms with E-state index in [1.165, 1.54) is 10.8 Å². The van der Waals surface area contributed by atoms with Gasteiger partial charge in [0.15, 0.2) is 5.82 Å². The first-order valence-corrected chi connectivity index (χ1v) is 5.31. The van der Waals surface area contributed by atoms with Crippen molar-refractivity contribution >= 4 is 0 Å². The monoisotopic (exact) mass is 249 g/mol. The summed E-state index contributed by atoms with van der Waals surface area (Å²) < 4.78 is 39.8. The number of nitrogens with one attached hydrogen (secondary N) is 1. The van der Waals surface area contributed by atoms with Crippen LogP contribution in [0.15, 0.2) is 6.20 Å². The molecule has 0 aliphatic carbocycles. The Morgan fingerprint density at radius 1 is 1.53 bits per heavy atom. The van der Waals surface area contributed by atoms with Crippen molar-refractivity contribution in [3.63, 3.8) is 0 Å². The number of imidazole rings is 1. The average Bonchev–Trinajstić information content (AvgIpc) is 2.61. The second kappa shape index (κ2) is 3.71. The maximum Gasteiger partial charge on any atom is 0.424 e. The van der Waals surface area contributed by atoms with Crippen LogP contribution in [0, 0.1) is 0 Å². The molecule has 1 aromatic rings. The average molecular weight is 249 g/mol. The summed E-state index contributed by atoms with van der Waals surface area (Å²) in [4.78, 5) is 3.74. The number of aromatic nitrogens is 2. The van der Waals surface area contributed by atoms with E-state index in [0.29, 0.717) is 18.8 Å². The highest BCUT2D eigenvalue weighted by molar-refractivity contribution is 5.16. The lowest BCUT2D eigenvalue weighted by Crippen LogP contribution is -2.44. The van der Waals surface area contributed by atoms with Gasteiger partial charge in [0.2, 0.25) is 5.60 Å². The van der Waals surface area contributed by atoms with Crippen LogP contribution in [0.5, 0.6) is 0 Å². The van der Waals surface area contributed by atoms with Crippen molar-refractivity contribution in [2.45, 2.75) is 38.2 Å². The summed E-state index contributed by atoms with van der Waals surface area (Å²) in [6.45, 7) is 3.54. The number of nitrogens with zero attached hydrogens (tertiary/aromatic N) is 2. The van der Waals surface area contributed by atoms with Crippen LogP contribution in [0.25, 0.3) is 0 Å². The molecule has 7 heteroatoms. The number of halogens is 3. The maximum atomic E-state index is 12.8. The van der Waals surface area contributed by atoms with Crippen LogP contribution in [0.2, 0.25) is 0 Å². The van der Waals surface area contributed by atoms with Crippen molar-refractivity contribution in [1.29, 1.82) is 0 Å². The predicted molar refractivity (Wildman–Crippen MR) is 54.3 cm³/mol. The van der Waals surface area contributed by atoms with E-state index < -0.39 is 11.8 Å². The second-order valence-electron chi connectivity index (χ2n) is 4.49. The van der Waals surface area contributed by atoms with E-state index in [1.54, 1.807) is 6.92 Å². The molecule has 1 aliphatic heterocycles. The lowest BCUT2D eigenvalue weighted by atomic mass is 10.0. The fraction of sp³-hybridized carbons (Fsp3) is 0.700. The molecule has 1 aromatic heterocycles. The molecule has 2 heterocycles. The van der Waals surface area contributed by atoms with Crippen molar-refractivity contribution in [3.05, 3.63) is 17.7 Å². The largest absolute Gasteiger partial charge is 0.424 e. The number of hydrogen-bond acceptors (Lipinski definition) is 3. The molecule has 1 unspecified atom stereocenters. The summed E-state index contributed by atoms with van der Waals surface area (Å²) in [6.07, 6.45) is -3.36. The molecule has 2 atom stereocenters. The molecule has 96 valence electrons. The van der Waals surface area contributed by atoms with Crippen LogP contribution >= 0.6 is 0 Å². The molecule has 2 N–H and O–H groups in total. The van der Waals surface area contributed by atoms with Crippen LogP contribution in [-0.4, -0.2) is 27.4 Å². The molecule has 0 fully saturated rings. The van der Waals surface area contributed by atoms with E-state index in [2.05, 4.69) is 10.3 Å². The SMILES string of the molecule is CC1CNCc2cnc([C@@](C)(O)C(F)(F)F)n21. The Kier molecular flexibility index (Phi) is 2.70. The Labute approximate surface area is 96.5 Å². The minimum Gasteiger partial charge on any atom is -0.374 e. The molecule has 0 saturated carbocycles. The van der Waals surface area contributed by atoms with Crippen LogP contribution in [0.3, 0.4) is 0 Å². The van der Waals surface area contributed by atoms with Gasteiger partial charge in [-0.05, 0) is 13.8 Å². The first-order valence-electron chi connectivity index (χ1n) is 5.31. The van der Waals surface area contributed by atoms with Crippen molar-refractivity contribution < 1.29 is 18.3 Å². The van der Waals surface area contributed by atoms with Gasteiger partial charge in [0.1, 0.15) is 0 Å². The van der Waals surface area contributed by atoms with Gasteiger partial charge in [-0.15, -0.1) is 0 Å². The van der Waals surface area contributed by atoms with E-state index in [9.17, 15) is 18.3 Å². The van der Waals surface area contributed by atoms with Crippen molar-refractivity contribution in [2.75, 3.05) is 6.54 Å². The summed E-state index contributed by atoms with van der Waals surface area (Å²) in [5.41, 5.74) is -2.26. The van der Waals surface area contributed by atoms with Gasteiger partial charge < -0.3 is 15.0 Å². The molecule has 1 aliphatic rings. The molecule has 0 radical (unpaired) electrons. The van der Waals surface area contributed by atoms with Crippen LogP contribution in [0.4, 0.5) is 13.2 Å². The first kappa shape index (κ1) is 12.4. The van der Waals surface area contributed by atoms with Crippen LogP contribution < -0.4 is 5.32 Å². The number of hydrogen-bond donors (Lipinski definition) is 2. The molecule has 17 heavy (non-hydrogen) atoms. The Morgan fingerprint density at radius 2 is 2.18 bits per heavy atom. The van der Waals surface area contributed by atoms with Gasteiger partial charge in [-0.25, -0.2) is 4.98 Å².